The van der Waals surface area contributed by atoms with Gasteiger partial charge in [0.25, 0.3) is 0 Å². The van der Waals surface area contributed by atoms with E-state index in [-0.39, 0.29) is 25.0 Å². The lowest BCUT2D eigenvalue weighted by molar-refractivity contribution is -0.116. The van der Waals surface area contributed by atoms with Crippen LogP contribution < -0.4 is 10.1 Å². The summed E-state index contributed by atoms with van der Waals surface area (Å²) >= 11 is 0. The molecule has 0 bridgehead atoms. The van der Waals surface area contributed by atoms with Crippen LogP contribution in [0.2, 0.25) is 0 Å². The summed E-state index contributed by atoms with van der Waals surface area (Å²) in [5.41, 5.74) is 0. The average Bonchev–Trinajstić information content (AvgIpc) is 2.37. The number of carbonyl (C=O) groups is 1. The van der Waals surface area contributed by atoms with Gasteiger partial charge in [0.15, 0.2) is 5.82 Å². The second-order valence-corrected chi connectivity index (χ2v) is 3.70. The molecule has 0 aliphatic heterocycles. The average molecular weight is 255 g/mol. The molecular formula is C11H17N3O4. The van der Waals surface area contributed by atoms with Crippen molar-refractivity contribution >= 4 is 11.7 Å². The molecule has 1 heterocycles. The Balaban J connectivity index is 2.44. The molecule has 1 aromatic heterocycles. The monoisotopic (exact) mass is 255 g/mol. The Morgan fingerprint density at radius 1 is 1.50 bits per heavy atom. The third-order valence-corrected chi connectivity index (χ3v) is 2.02. The number of nitrogens with zero attached hydrogens (tertiary/aromatic N) is 2. The topological polar surface area (TPSA) is 105 Å². The molecule has 18 heavy (non-hydrogen) atoms. The third-order valence-electron chi connectivity index (χ3n) is 2.02. The molecule has 0 fully saturated rings. The van der Waals surface area contributed by atoms with Crippen LogP contribution in [0.25, 0.3) is 0 Å². The van der Waals surface area contributed by atoms with Crippen LogP contribution in [0.5, 0.6) is 5.88 Å². The fourth-order valence-electron chi connectivity index (χ4n) is 1.13. The summed E-state index contributed by atoms with van der Waals surface area (Å²) in [5.74, 6) is 0.454. The van der Waals surface area contributed by atoms with Gasteiger partial charge < -0.3 is 20.3 Å². The predicted molar refractivity (Wildman–Crippen MR) is 64.2 cm³/mol. The predicted octanol–water partition coefficient (Wildman–Crippen LogP) is -0.0528. The number of nitrogens with one attached hydrogen (secondary N) is 1. The van der Waals surface area contributed by atoms with Crippen molar-refractivity contribution in [1.82, 2.24) is 10.2 Å². The van der Waals surface area contributed by atoms with Gasteiger partial charge in [0.2, 0.25) is 11.8 Å². The van der Waals surface area contributed by atoms with Crippen LogP contribution in [0.3, 0.4) is 0 Å². The smallest absolute Gasteiger partial charge is 0.233 e. The molecular weight excluding hydrogens is 238 g/mol. The van der Waals surface area contributed by atoms with Gasteiger partial charge in [0.05, 0.1) is 6.61 Å². The lowest BCUT2D eigenvalue weighted by Gasteiger charge is -2.08. The van der Waals surface area contributed by atoms with E-state index >= 15 is 0 Å². The van der Waals surface area contributed by atoms with Crippen molar-refractivity contribution < 1.29 is 19.7 Å². The lowest BCUT2D eigenvalue weighted by Crippen LogP contribution is -2.21. The molecule has 0 saturated carbocycles. The zero-order chi connectivity index (χ0) is 13.4. The van der Waals surface area contributed by atoms with Gasteiger partial charge in [0.1, 0.15) is 12.7 Å². The Morgan fingerprint density at radius 2 is 2.28 bits per heavy atom. The van der Waals surface area contributed by atoms with Crippen molar-refractivity contribution in [2.24, 2.45) is 0 Å². The highest BCUT2D eigenvalue weighted by atomic mass is 16.5. The molecule has 0 radical (unpaired) electrons. The summed E-state index contributed by atoms with van der Waals surface area (Å²) in [6, 6.07) is 3.08. The van der Waals surface area contributed by atoms with Crippen LogP contribution in [-0.2, 0) is 4.79 Å². The summed E-state index contributed by atoms with van der Waals surface area (Å²) in [4.78, 5) is 11.3. The SMILES string of the molecule is CCCC(=O)Nc1ccc(OC[C@@H](O)CO)nn1. The fourth-order valence-corrected chi connectivity index (χ4v) is 1.13. The van der Waals surface area contributed by atoms with E-state index in [1.807, 2.05) is 6.92 Å². The summed E-state index contributed by atoms with van der Waals surface area (Å²) in [5, 5.41) is 27.7. The summed E-state index contributed by atoms with van der Waals surface area (Å²) < 4.78 is 5.07. The minimum atomic E-state index is -0.948. The zero-order valence-corrected chi connectivity index (χ0v) is 10.2. The maximum absolute atomic E-state index is 11.3. The first-order valence-corrected chi connectivity index (χ1v) is 5.71. The van der Waals surface area contributed by atoms with Crippen LogP contribution in [0.15, 0.2) is 12.1 Å². The standard InChI is InChI=1S/C11H17N3O4/c1-2-3-10(17)12-9-4-5-11(14-13-9)18-7-8(16)6-15/h4-5,8,15-16H,2-3,6-7H2,1H3,(H,12,13,17)/t8-/m0/s1. The highest BCUT2D eigenvalue weighted by Gasteiger charge is 2.06. The highest BCUT2D eigenvalue weighted by molar-refractivity contribution is 5.89. The van der Waals surface area contributed by atoms with Gasteiger partial charge in [-0.1, -0.05) is 6.92 Å². The molecule has 0 aliphatic carbocycles. The minimum absolute atomic E-state index is 0.0628. The first-order chi connectivity index (χ1) is 8.65. The van der Waals surface area contributed by atoms with Crippen molar-refractivity contribution in [3.05, 3.63) is 12.1 Å². The molecule has 0 aliphatic rings. The number of carbonyl (C=O) groups excluding carboxylic acids is 1. The van der Waals surface area contributed by atoms with Crippen molar-refractivity contribution in [2.75, 3.05) is 18.5 Å². The largest absolute Gasteiger partial charge is 0.474 e. The minimum Gasteiger partial charge on any atom is -0.474 e. The number of aliphatic hydroxyl groups is 2. The van der Waals surface area contributed by atoms with Crippen LogP contribution in [-0.4, -0.2) is 45.6 Å². The van der Waals surface area contributed by atoms with Gasteiger partial charge >= 0.3 is 0 Å². The van der Waals surface area contributed by atoms with Gasteiger partial charge in [-0.2, -0.15) is 0 Å². The highest BCUT2D eigenvalue weighted by Crippen LogP contribution is 2.09. The quantitative estimate of drug-likeness (QED) is 0.631. The van der Waals surface area contributed by atoms with Crippen LogP contribution in [0.4, 0.5) is 5.82 Å². The number of hydrogen-bond donors (Lipinski definition) is 3. The number of rotatable bonds is 7. The van der Waals surface area contributed by atoms with E-state index < -0.39 is 6.10 Å². The third kappa shape index (κ3) is 5.07. The molecule has 1 rings (SSSR count). The van der Waals surface area contributed by atoms with Gasteiger partial charge in [-0.15, -0.1) is 10.2 Å². The summed E-state index contributed by atoms with van der Waals surface area (Å²) in [7, 11) is 0. The number of aliphatic hydroxyl groups excluding tert-OH is 2. The van der Waals surface area contributed by atoms with E-state index in [4.69, 9.17) is 14.9 Å². The Kier molecular flexibility index (Phi) is 6.03. The molecule has 7 nitrogen and oxygen atoms in total. The van der Waals surface area contributed by atoms with Gasteiger partial charge in [-0.3, -0.25) is 4.79 Å². The Bertz CT molecular complexity index is 369. The van der Waals surface area contributed by atoms with Crippen molar-refractivity contribution in [2.45, 2.75) is 25.9 Å². The van der Waals surface area contributed by atoms with E-state index in [9.17, 15) is 4.79 Å². The number of anilines is 1. The van der Waals surface area contributed by atoms with Crippen LogP contribution in [0.1, 0.15) is 19.8 Å². The van der Waals surface area contributed by atoms with Crippen molar-refractivity contribution in [1.29, 1.82) is 0 Å². The maximum Gasteiger partial charge on any atom is 0.233 e. The lowest BCUT2D eigenvalue weighted by atomic mass is 10.3. The van der Waals surface area contributed by atoms with E-state index in [0.717, 1.165) is 6.42 Å². The number of aromatic nitrogens is 2. The van der Waals surface area contributed by atoms with E-state index in [0.29, 0.717) is 12.2 Å². The normalized spacial score (nSPS) is 11.9. The van der Waals surface area contributed by atoms with Gasteiger partial charge in [-0.25, -0.2) is 0 Å². The van der Waals surface area contributed by atoms with Gasteiger partial charge in [0, 0.05) is 12.5 Å². The Hall–Kier alpha value is -1.73. The molecule has 1 aromatic rings. The number of hydrogen-bond acceptors (Lipinski definition) is 6. The number of amides is 1. The zero-order valence-electron chi connectivity index (χ0n) is 10.2. The molecule has 3 N–H and O–H groups in total. The first-order valence-electron chi connectivity index (χ1n) is 5.71. The molecule has 0 saturated heterocycles. The summed E-state index contributed by atoms with van der Waals surface area (Å²) in [6.45, 7) is 1.47. The van der Waals surface area contributed by atoms with Crippen molar-refractivity contribution in [3.8, 4) is 5.88 Å². The van der Waals surface area contributed by atoms with E-state index in [1.165, 1.54) is 6.07 Å². The number of ether oxygens (including phenoxy) is 1. The fraction of sp³-hybridized carbons (Fsp3) is 0.545. The van der Waals surface area contributed by atoms with Gasteiger partial charge in [-0.05, 0) is 12.5 Å². The molecule has 0 spiro atoms. The molecule has 1 atom stereocenters. The maximum atomic E-state index is 11.3. The molecule has 0 aromatic carbocycles. The van der Waals surface area contributed by atoms with E-state index in [1.54, 1.807) is 6.07 Å². The molecule has 0 unspecified atom stereocenters. The second kappa shape index (κ2) is 7.57. The molecule has 7 heteroatoms. The Morgan fingerprint density at radius 3 is 2.83 bits per heavy atom. The summed E-state index contributed by atoms with van der Waals surface area (Å²) in [6.07, 6.45) is 0.248. The van der Waals surface area contributed by atoms with E-state index in [2.05, 4.69) is 15.5 Å². The second-order valence-electron chi connectivity index (χ2n) is 3.70. The molecule has 1 amide bonds. The first kappa shape index (κ1) is 14.3. The molecule has 100 valence electrons. The van der Waals surface area contributed by atoms with Crippen molar-refractivity contribution in [3.63, 3.8) is 0 Å². The van der Waals surface area contributed by atoms with Crippen LogP contribution in [0, 0.1) is 0 Å². The van der Waals surface area contributed by atoms with Crippen LogP contribution >= 0.6 is 0 Å². The Labute approximate surface area is 105 Å².